The van der Waals surface area contributed by atoms with Gasteiger partial charge in [-0.15, -0.1) is 0 Å². The first-order valence-electron chi connectivity index (χ1n) is 7.38. The molecule has 1 rings (SSSR count). The molecule has 0 spiro atoms. The third-order valence-electron chi connectivity index (χ3n) is 4.13. The predicted molar refractivity (Wildman–Crippen MR) is 79.5 cm³/mol. The van der Waals surface area contributed by atoms with Crippen molar-refractivity contribution in [1.82, 2.24) is 0 Å². The maximum Gasteiger partial charge on any atom is 0.314 e. The van der Waals surface area contributed by atoms with Crippen LogP contribution >= 0.6 is 0 Å². The normalized spacial score (nSPS) is 14.1. The molecule has 0 fully saturated rings. The Morgan fingerprint density at radius 3 is 2.37 bits per heavy atom. The minimum absolute atomic E-state index is 0.652. The number of carbonyl (C=O) groups is 1. The van der Waals surface area contributed by atoms with Crippen molar-refractivity contribution in [3.63, 3.8) is 0 Å². The van der Waals surface area contributed by atoms with Gasteiger partial charge >= 0.3 is 5.97 Å². The maximum atomic E-state index is 11.9. The van der Waals surface area contributed by atoms with Crippen molar-refractivity contribution in [2.45, 2.75) is 64.7 Å². The molecule has 2 nitrogen and oxygen atoms in total. The summed E-state index contributed by atoms with van der Waals surface area (Å²) in [6.45, 7) is 6.17. The van der Waals surface area contributed by atoms with E-state index in [4.69, 9.17) is 0 Å². The minimum atomic E-state index is -0.709. The van der Waals surface area contributed by atoms with Gasteiger partial charge in [0.15, 0.2) is 0 Å². The number of aryl methyl sites for hydroxylation is 1. The number of benzene rings is 1. The molecule has 1 aromatic carbocycles. The fourth-order valence-electron chi connectivity index (χ4n) is 2.84. The predicted octanol–water partition coefficient (Wildman–Crippen LogP) is 4.70. The Bertz CT molecular complexity index is 411. The van der Waals surface area contributed by atoms with Crippen LogP contribution in [0.2, 0.25) is 0 Å². The van der Waals surface area contributed by atoms with E-state index in [9.17, 15) is 9.90 Å². The topological polar surface area (TPSA) is 37.3 Å². The molecule has 0 aromatic heterocycles. The fraction of sp³-hybridized carbons (Fsp3) is 0.588. The summed E-state index contributed by atoms with van der Waals surface area (Å²) in [5.74, 6) is -0.680. The monoisotopic (exact) mass is 262 g/mol. The zero-order chi connectivity index (χ0) is 14.3. The first kappa shape index (κ1) is 15.7. The van der Waals surface area contributed by atoms with Crippen LogP contribution in [0.3, 0.4) is 0 Å². The summed E-state index contributed by atoms with van der Waals surface area (Å²) in [5, 5.41) is 9.76. The molecule has 0 bridgehead atoms. The van der Waals surface area contributed by atoms with E-state index in [0.717, 1.165) is 30.4 Å². The van der Waals surface area contributed by atoms with E-state index in [1.165, 1.54) is 12.8 Å². The maximum absolute atomic E-state index is 11.9. The quantitative estimate of drug-likeness (QED) is 0.690. The summed E-state index contributed by atoms with van der Waals surface area (Å²) in [7, 11) is 0. The Labute approximate surface area is 116 Å². The Balaban J connectivity index is 2.99. The van der Waals surface area contributed by atoms with Gasteiger partial charge in [-0.3, -0.25) is 4.79 Å². The molecule has 1 atom stereocenters. The van der Waals surface area contributed by atoms with Gasteiger partial charge in [0.25, 0.3) is 0 Å². The lowest BCUT2D eigenvalue weighted by atomic mass is 9.72. The molecule has 0 heterocycles. The zero-order valence-electron chi connectivity index (χ0n) is 12.4. The van der Waals surface area contributed by atoms with Gasteiger partial charge in [0.2, 0.25) is 0 Å². The summed E-state index contributed by atoms with van der Waals surface area (Å²) in [4.78, 5) is 11.9. The summed E-state index contributed by atoms with van der Waals surface area (Å²) >= 11 is 0. The van der Waals surface area contributed by atoms with E-state index in [1.807, 2.05) is 38.1 Å². The highest BCUT2D eigenvalue weighted by atomic mass is 16.4. The molecular weight excluding hydrogens is 236 g/mol. The molecule has 0 radical (unpaired) electrons. The third-order valence-corrected chi connectivity index (χ3v) is 4.13. The molecule has 0 aliphatic heterocycles. The molecule has 106 valence electrons. The second-order valence-electron chi connectivity index (χ2n) is 5.37. The molecule has 0 saturated carbocycles. The summed E-state index contributed by atoms with van der Waals surface area (Å²) in [6, 6.07) is 7.90. The smallest absolute Gasteiger partial charge is 0.314 e. The van der Waals surface area contributed by atoms with Crippen molar-refractivity contribution in [2.24, 2.45) is 0 Å². The van der Waals surface area contributed by atoms with Crippen LogP contribution < -0.4 is 0 Å². The Kier molecular flexibility index (Phi) is 6.07. The van der Waals surface area contributed by atoms with Gasteiger partial charge in [-0.05, 0) is 30.9 Å². The summed E-state index contributed by atoms with van der Waals surface area (Å²) in [6.07, 6.45) is 5.87. The second kappa shape index (κ2) is 7.32. The van der Waals surface area contributed by atoms with Crippen LogP contribution in [0.5, 0.6) is 0 Å². The van der Waals surface area contributed by atoms with E-state index in [1.54, 1.807) is 0 Å². The average Bonchev–Trinajstić information content (AvgIpc) is 2.40. The van der Waals surface area contributed by atoms with Gasteiger partial charge in [-0.25, -0.2) is 0 Å². The first-order chi connectivity index (χ1) is 9.08. The number of hydrogen-bond acceptors (Lipinski definition) is 1. The number of carboxylic acid groups (broad SMARTS) is 1. The van der Waals surface area contributed by atoms with E-state index in [-0.39, 0.29) is 0 Å². The number of carboxylic acids is 1. The molecule has 2 heteroatoms. The van der Waals surface area contributed by atoms with Crippen LogP contribution in [-0.4, -0.2) is 11.1 Å². The number of rotatable bonds is 8. The van der Waals surface area contributed by atoms with E-state index < -0.39 is 11.4 Å². The van der Waals surface area contributed by atoms with Crippen LogP contribution in [0.25, 0.3) is 0 Å². The summed E-state index contributed by atoms with van der Waals surface area (Å²) < 4.78 is 0. The third kappa shape index (κ3) is 3.59. The SMILES string of the molecule is CCCCCCC(CC)(C(=O)O)c1ccccc1C. The molecular formula is C17H26O2. The number of hydrogen-bond donors (Lipinski definition) is 1. The van der Waals surface area contributed by atoms with Crippen molar-refractivity contribution < 1.29 is 9.90 Å². The number of aliphatic carboxylic acids is 1. The molecule has 1 N–H and O–H groups in total. The molecule has 1 aromatic rings. The Morgan fingerprint density at radius 2 is 1.84 bits per heavy atom. The molecule has 0 amide bonds. The van der Waals surface area contributed by atoms with Gasteiger partial charge in [0, 0.05) is 0 Å². The second-order valence-corrected chi connectivity index (χ2v) is 5.37. The molecule has 0 aliphatic rings. The van der Waals surface area contributed by atoms with Crippen molar-refractivity contribution >= 4 is 5.97 Å². The highest BCUT2D eigenvalue weighted by molar-refractivity contribution is 5.81. The lowest BCUT2D eigenvalue weighted by Gasteiger charge is -2.30. The van der Waals surface area contributed by atoms with E-state index in [2.05, 4.69) is 6.92 Å². The lowest BCUT2D eigenvalue weighted by Crippen LogP contribution is -2.36. The van der Waals surface area contributed by atoms with Crippen LogP contribution in [0.4, 0.5) is 0 Å². The lowest BCUT2D eigenvalue weighted by molar-refractivity contribution is -0.144. The van der Waals surface area contributed by atoms with Crippen molar-refractivity contribution in [1.29, 1.82) is 0 Å². The van der Waals surface area contributed by atoms with Gasteiger partial charge in [0.1, 0.15) is 0 Å². The van der Waals surface area contributed by atoms with E-state index in [0.29, 0.717) is 6.42 Å². The van der Waals surface area contributed by atoms with Gasteiger partial charge in [-0.2, -0.15) is 0 Å². The molecule has 0 aliphatic carbocycles. The van der Waals surface area contributed by atoms with Crippen LogP contribution in [0.15, 0.2) is 24.3 Å². The average molecular weight is 262 g/mol. The molecule has 0 saturated heterocycles. The van der Waals surface area contributed by atoms with Gasteiger partial charge in [-0.1, -0.05) is 63.8 Å². The van der Waals surface area contributed by atoms with E-state index >= 15 is 0 Å². The van der Waals surface area contributed by atoms with Crippen molar-refractivity contribution in [2.75, 3.05) is 0 Å². The number of unbranched alkanes of at least 4 members (excludes halogenated alkanes) is 3. The highest BCUT2D eigenvalue weighted by Crippen LogP contribution is 2.36. The van der Waals surface area contributed by atoms with Gasteiger partial charge < -0.3 is 5.11 Å². The molecule has 19 heavy (non-hydrogen) atoms. The fourth-order valence-corrected chi connectivity index (χ4v) is 2.84. The van der Waals surface area contributed by atoms with Crippen LogP contribution in [0.1, 0.15) is 63.5 Å². The molecule has 1 unspecified atom stereocenters. The summed E-state index contributed by atoms with van der Waals surface area (Å²) in [5.41, 5.74) is 1.36. The van der Waals surface area contributed by atoms with Gasteiger partial charge in [0.05, 0.1) is 5.41 Å². The largest absolute Gasteiger partial charge is 0.481 e. The van der Waals surface area contributed by atoms with Crippen molar-refractivity contribution in [3.05, 3.63) is 35.4 Å². The standard InChI is InChI=1S/C17H26O2/c1-4-6-7-10-13-17(5-2,16(18)19)15-12-9-8-11-14(15)3/h8-9,11-12H,4-7,10,13H2,1-3H3,(H,18,19). The Hall–Kier alpha value is -1.31. The Morgan fingerprint density at radius 1 is 1.16 bits per heavy atom. The van der Waals surface area contributed by atoms with Crippen molar-refractivity contribution in [3.8, 4) is 0 Å². The first-order valence-corrected chi connectivity index (χ1v) is 7.38. The van der Waals surface area contributed by atoms with Crippen LogP contribution in [0, 0.1) is 6.92 Å². The zero-order valence-corrected chi connectivity index (χ0v) is 12.4. The van der Waals surface area contributed by atoms with Crippen LogP contribution in [-0.2, 0) is 10.2 Å². The minimum Gasteiger partial charge on any atom is -0.481 e. The highest BCUT2D eigenvalue weighted by Gasteiger charge is 2.38.